The Hall–Kier alpha value is -1.81. The number of hydrogen-bond acceptors (Lipinski definition) is 2. The lowest BCUT2D eigenvalue weighted by molar-refractivity contribution is -0.119. The quantitative estimate of drug-likeness (QED) is 0.877. The highest BCUT2D eigenvalue weighted by molar-refractivity contribution is 5.89. The molecular weight excluding hydrogens is 310 g/mol. The summed E-state index contributed by atoms with van der Waals surface area (Å²) >= 11 is 0. The Labute approximate surface area is 149 Å². The zero-order valence-electron chi connectivity index (χ0n) is 15.3. The number of aryl methyl sites for hydroxylation is 1. The number of carbonyl (C=O) groups excluding carboxylic acids is 1. The Kier molecular flexibility index (Phi) is 4.32. The molecule has 1 saturated heterocycles. The van der Waals surface area contributed by atoms with Gasteiger partial charge >= 0.3 is 0 Å². The van der Waals surface area contributed by atoms with Gasteiger partial charge in [-0.3, -0.25) is 9.69 Å². The van der Waals surface area contributed by atoms with Crippen molar-refractivity contribution in [2.24, 2.45) is 11.7 Å². The van der Waals surface area contributed by atoms with E-state index in [1.807, 2.05) is 0 Å². The number of nitrogens with one attached hydrogen (secondary N) is 1. The van der Waals surface area contributed by atoms with Crippen LogP contribution in [0.4, 0.5) is 0 Å². The maximum absolute atomic E-state index is 11.5. The number of piperidine rings is 1. The van der Waals surface area contributed by atoms with Crippen LogP contribution in [-0.2, 0) is 17.6 Å². The Bertz CT molecular complexity index is 794. The molecule has 2 aliphatic rings. The van der Waals surface area contributed by atoms with E-state index in [4.69, 9.17) is 5.73 Å². The largest absolute Gasteiger partial charge is 0.370 e. The number of hydrogen-bond donors (Lipinski definition) is 2. The lowest BCUT2D eigenvalue weighted by Gasteiger charge is -2.47. The van der Waals surface area contributed by atoms with Gasteiger partial charge in [0.25, 0.3) is 0 Å². The van der Waals surface area contributed by atoms with Gasteiger partial charge in [-0.1, -0.05) is 26.0 Å². The van der Waals surface area contributed by atoms with Crippen LogP contribution in [0.15, 0.2) is 18.2 Å². The van der Waals surface area contributed by atoms with E-state index in [0.29, 0.717) is 24.3 Å². The van der Waals surface area contributed by atoms with Crippen LogP contribution in [0.3, 0.4) is 0 Å². The summed E-state index contributed by atoms with van der Waals surface area (Å²) in [4.78, 5) is 17.8. The third kappa shape index (κ3) is 2.77. The van der Waals surface area contributed by atoms with E-state index in [1.165, 1.54) is 27.7 Å². The molecule has 1 unspecified atom stereocenters. The average molecular weight is 339 g/mol. The van der Waals surface area contributed by atoms with Gasteiger partial charge in [-0.05, 0) is 55.3 Å². The van der Waals surface area contributed by atoms with E-state index in [2.05, 4.69) is 41.9 Å². The van der Waals surface area contributed by atoms with Crippen molar-refractivity contribution >= 4 is 16.8 Å². The Morgan fingerprint density at radius 2 is 2.20 bits per heavy atom. The SMILES string of the molecule is CCCN1C[C@H](CC(N)=O)CC2c3cccc4[nH]c(CC)c(c34)C[C@H]21. The van der Waals surface area contributed by atoms with Crippen molar-refractivity contribution in [3.05, 3.63) is 35.0 Å². The molecule has 4 heteroatoms. The number of aromatic nitrogens is 1. The molecule has 2 heterocycles. The van der Waals surface area contributed by atoms with Gasteiger partial charge in [0.05, 0.1) is 0 Å². The molecule has 4 rings (SSSR count). The fraction of sp³-hybridized carbons (Fsp3) is 0.571. The number of aromatic amines is 1. The maximum atomic E-state index is 11.5. The molecule has 1 fully saturated rings. The van der Waals surface area contributed by atoms with Crippen molar-refractivity contribution in [1.82, 2.24) is 9.88 Å². The first-order valence-corrected chi connectivity index (χ1v) is 9.77. The molecular formula is C21H29N3O. The van der Waals surface area contributed by atoms with E-state index in [9.17, 15) is 4.79 Å². The normalized spacial score (nSPS) is 25.9. The molecule has 2 aromatic rings. The summed E-state index contributed by atoms with van der Waals surface area (Å²) in [6, 6.07) is 7.26. The van der Waals surface area contributed by atoms with Crippen molar-refractivity contribution < 1.29 is 4.79 Å². The number of likely N-dealkylation sites (tertiary alicyclic amines) is 1. The Morgan fingerprint density at radius 1 is 1.36 bits per heavy atom. The lowest BCUT2D eigenvalue weighted by atomic mass is 9.71. The molecule has 4 nitrogen and oxygen atoms in total. The van der Waals surface area contributed by atoms with E-state index in [1.54, 1.807) is 0 Å². The minimum Gasteiger partial charge on any atom is -0.370 e. The number of H-pyrrole nitrogens is 1. The van der Waals surface area contributed by atoms with Gasteiger partial charge in [-0.2, -0.15) is 0 Å². The second kappa shape index (κ2) is 6.49. The first-order valence-electron chi connectivity index (χ1n) is 9.77. The van der Waals surface area contributed by atoms with Crippen LogP contribution in [-0.4, -0.2) is 34.9 Å². The predicted molar refractivity (Wildman–Crippen MR) is 102 cm³/mol. The molecule has 1 aliphatic carbocycles. The Balaban J connectivity index is 1.78. The number of nitrogens with two attached hydrogens (primary N) is 1. The molecule has 0 radical (unpaired) electrons. The highest BCUT2D eigenvalue weighted by atomic mass is 16.1. The van der Waals surface area contributed by atoms with Crippen LogP contribution in [0.5, 0.6) is 0 Å². The van der Waals surface area contributed by atoms with Gasteiger partial charge in [0.15, 0.2) is 0 Å². The highest BCUT2D eigenvalue weighted by Crippen LogP contribution is 2.46. The minimum absolute atomic E-state index is 0.162. The first-order chi connectivity index (χ1) is 12.1. The van der Waals surface area contributed by atoms with Crippen LogP contribution < -0.4 is 5.73 Å². The third-order valence-corrected chi connectivity index (χ3v) is 6.23. The smallest absolute Gasteiger partial charge is 0.217 e. The number of amides is 1. The molecule has 1 aromatic carbocycles. The lowest BCUT2D eigenvalue weighted by Crippen LogP contribution is -2.50. The molecule has 3 N–H and O–H groups in total. The first kappa shape index (κ1) is 16.6. The highest BCUT2D eigenvalue weighted by Gasteiger charge is 2.41. The molecule has 0 saturated carbocycles. The summed E-state index contributed by atoms with van der Waals surface area (Å²) in [6.07, 6.45) is 4.93. The maximum Gasteiger partial charge on any atom is 0.217 e. The summed E-state index contributed by atoms with van der Waals surface area (Å²) in [7, 11) is 0. The van der Waals surface area contributed by atoms with E-state index in [0.717, 1.165) is 38.8 Å². The standard InChI is InChI=1S/C21H29N3O/c1-3-8-24-12-13(10-20(22)25)9-15-14-6-5-7-18-21(14)16(11-19(15)24)17(4-2)23-18/h5-7,13,15,19,23H,3-4,8-12H2,1-2H3,(H2,22,25)/t13-,15?,19+/m0/s1. The van der Waals surface area contributed by atoms with Gasteiger partial charge in [0.1, 0.15) is 0 Å². The van der Waals surface area contributed by atoms with Gasteiger partial charge in [-0.15, -0.1) is 0 Å². The number of nitrogens with zero attached hydrogens (tertiary/aromatic N) is 1. The molecule has 0 spiro atoms. The monoisotopic (exact) mass is 339 g/mol. The minimum atomic E-state index is -0.162. The fourth-order valence-corrected chi connectivity index (χ4v) is 5.34. The average Bonchev–Trinajstić information content (AvgIpc) is 2.95. The molecule has 3 atom stereocenters. The second-order valence-electron chi connectivity index (χ2n) is 7.85. The number of carbonyl (C=O) groups is 1. The second-order valence-corrected chi connectivity index (χ2v) is 7.85. The van der Waals surface area contributed by atoms with E-state index >= 15 is 0 Å². The van der Waals surface area contributed by atoms with Crippen LogP contribution >= 0.6 is 0 Å². The van der Waals surface area contributed by atoms with Gasteiger partial charge in [-0.25, -0.2) is 0 Å². The summed E-state index contributed by atoms with van der Waals surface area (Å²) in [5, 5.41) is 1.46. The van der Waals surface area contributed by atoms with E-state index in [-0.39, 0.29) is 5.91 Å². The van der Waals surface area contributed by atoms with Crippen molar-refractivity contribution in [1.29, 1.82) is 0 Å². The van der Waals surface area contributed by atoms with Crippen molar-refractivity contribution in [3.63, 3.8) is 0 Å². The van der Waals surface area contributed by atoms with Crippen molar-refractivity contribution in [2.75, 3.05) is 13.1 Å². The number of fused-ring (bicyclic) bond motifs is 2. The molecule has 25 heavy (non-hydrogen) atoms. The summed E-state index contributed by atoms with van der Waals surface area (Å²) in [6.45, 7) is 6.60. The molecule has 134 valence electrons. The fourth-order valence-electron chi connectivity index (χ4n) is 5.34. The van der Waals surface area contributed by atoms with Crippen molar-refractivity contribution in [2.45, 2.75) is 57.9 Å². The molecule has 1 aliphatic heterocycles. The zero-order chi connectivity index (χ0) is 17.6. The van der Waals surface area contributed by atoms with Crippen molar-refractivity contribution in [3.8, 4) is 0 Å². The van der Waals surface area contributed by atoms with Crippen LogP contribution in [0.25, 0.3) is 10.9 Å². The summed E-state index contributed by atoms with van der Waals surface area (Å²) in [5.74, 6) is 0.734. The Morgan fingerprint density at radius 3 is 2.92 bits per heavy atom. The summed E-state index contributed by atoms with van der Waals surface area (Å²) in [5.41, 5.74) is 11.2. The number of benzene rings is 1. The van der Waals surface area contributed by atoms with E-state index < -0.39 is 0 Å². The predicted octanol–water partition coefficient (Wildman–Crippen LogP) is 3.35. The van der Waals surface area contributed by atoms with Crippen LogP contribution in [0.1, 0.15) is 55.8 Å². The molecule has 1 aromatic heterocycles. The number of primary amides is 1. The summed E-state index contributed by atoms with van der Waals surface area (Å²) < 4.78 is 0. The van der Waals surface area contributed by atoms with Gasteiger partial charge in [0.2, 0.25) is 5.91 Å². The van der Waals surface area contributed by atoms with Gasteiger partial charge < -0.3 is 10.7 Å². The molecule has 1 amide bonds. The topological polar surface area (TPSA) is 62.1 Å². The third-order valence-electron chi connectivity index (χ3n) is 6.23. The van der Waals surface area contributed by atoms with Gasteiger partial charge in [0, 0.05) is 41.5 Å². The van der Waals surface area contributed by atoms with Crippen LogP contribution in [0, 0.1) is 5.92 Å². The van der Waals surface area contributed by atoms with Crippen LogP contribution in [0.2, 0.25) is 0 Å². The number of rotatable bonds is 5. The molecule has 0 bridgehead atoms. The zero-order valence-corrected chi connectivity index (χ0v) is 15.3.